The number of rotatable bonds is 2. The third-order valence-corrected chi connectivity index (χ3v) is 3.24. The SMILES string of the molecule is CN(C(=O)Oc1ccccc1C(F)(F)F)c1ccc(F)c(Cl)c1. The lowest BCUT2D eigenvalue weighted by Crippen LogP contribution is -2.30. The zero-order chi connectivity index (χ0) is 17.2. The van der Waals surface area contributed by atoms with Gasteiger partial charge >= 0.3 is 12.3 Å². The Morgan fingerprint density at radius 2 is 1.83 bits per heavy atom. The Bertz CT molecular complexity index is 734. The van der Waals surface area contributed by atoms with E-state index in [1.807, 2.05) is 0 Å². The van der Waals surface area contributed by atoms with Gasteiger partial charge < -0.3 is 4.74 Å². The normalized spacial score (nSPS) is 11.2. The van der Waals surface area contributed by atoms with Gasteiger partial charge in [-0.2, -0.15) is 13.2 Å². The largest absolute Gasteiger partial charge is 0.419 e. The van der Waals surface area contributed by atoms with E-state index < -0.39 is 29.4 Å². The molecule has 0 saturated carbocycles. The van der Waals surface area contributed by atoms with Gasteiger partial charge in [0.25, 0.3) is 0 Å². The van der Waals surface area contributed by atoms with Gasteiger partial charge in [-0.15, -0.1) is 0 Å². The summed E-state index contributed by atoms with van der Waals surface area (Å²) in [5.41, 5.74) is -0.898. The van der Waals surface area contributed by atoms with Crippen molar-refractivity contribution < 1.29 is 27.1 Å². The molecule has 2 aromatic carbocycles. The summed E-state index contributed by atoms with van der Waals surface area (Å²) in [4.78, 5) is 12.9. The molecule has 0 spiro atoms. The smallest absolute Gasteiger partial charge is 0.409 e. The Labute approximate surface area is 134 Å². The van der Waals surface area contributed by atoms with Crippen molar-refractivity contribution in [3.63, 3.8) is 0 Å². The quantitative estimate of drug-likeness (QED) is 0.704. The summed E-state index contributed by atoms with van der Waals surface area (Å²) in [7, 11) is 1.27. The predicted molar refractivity (Wildman–Crippen MR) is 77.3 cm³/mol. The van der Waals surface area contributed by atoms with E-state index in [2.05, 4.69) is 0 Å². The van der Waals surface area contributed by atoms with Crippen LogP contribution in [0, 0.1) is 5.82 Å². The van der Waals surface area contributed by atoms with Crippen LogP contribution in [0.4, 0.5) is 28.0 Å². The number of amides is 1. The molecular weight excluding hydrogens is 338 g/mol. The van der Waals surface area contributed by atoms with E-state index in [1.165, 1.54) is 25.2 Å². The lowest BCUT2D eigenvalue weighted by Gasteiger charge is -2.19. The third-order valence-electron chi connectivity index (χ3n) is 2.95. The fraction of sp³-hybridized carbons (Fsp3) is 0.133. The highest BCUT2D eigenvalue weighted by Gasteiger charge is 2.35. The van der Waals surface area contributed by atoms with Crippen molar-refractivity contribution in [3.05, 3.63) is 58.9 Å². The van der Waals surface area contributed by atoms with Crippen molar-refractivity contribution >= 4 is 23.4 Å². The van der Waals surface area contributed by atoms with Gasteiger partial charge in [0.1, 0.15) is 11.6 Å². The molecular formula is C15H10ClF4NO2. The first kappa shape index (κ1) is 17.1. The molecule has 2 aromatic rings. The number of para-hydroxylation sites is 1. The van der Waals surface area contributed by atoms with Crippen molar-refractivity contribution in [2.45, 2.75) is 6.18 Å². The summed E-state index contributed by atoms with van der Waals surface area (Å²) in [6, 6.07) is 7.77. The highest BCUT2D eigenvalue weighted by molar-refractivity contribution is 6.31. The third kappa shape index (κ3) is 3.92. The van der Waals surface area contributed by atoms with Crippen LogP contribution in [0.3, 0.4) is 0 Å². The van der Waals surface area contributed by atoms with Crippen molar-refractivity contribution in [2.75, 3.05) is 11.9 Å². The van der Waals surface area contributed by atoms with Crippen LogP contribution < -0.4 is 9.64 Å². The first-order valence-electron chi connectivity index (χ1n) is 6.27. The summed E-state index contributed by atoms with van der Waals surface area (Å²) >= 11 is 5.61. The standard InChI is InChI=1S/C15H10ClF4NO2/c1-21(9-6-7-12(17)11(16)8-9)14(22)23-13-5-3-2-4-10(13)15(18,19)20/h2-8H,1H3. The lowest BCUT2D eigenvalue weighted by molar-refractivity contribution is -0.138. The lowest BCUT2D eigenvalue weighted by atomic mass is 10.2. The van der Waals surface area contributed by atoms with Crippen molar-refractivity contribution in [2.24, 2.45) is 0 Å². The van der Waals surface area contributed by atoms with Gasteiger partial charge in [0.15, 0.2) is 0 Å². The number of carbonyl (C=O) groups is 1. The van der Waals surface area contributed by atoms with Crippen molar-refractivity contribution in [1.29, 1.82) is 0 Å². The average molecular weight is 348 g/mol. The first-order chi connectivity index (χ1) is 10.7. The van der Waals surface area contributed by atoms with Crippen LogP contribution in [0.25, 0.3) is 0 Å². The van der Waals surface area contributed by atoms with Crippen LogP contribution in [0.2, 0.25) is 5.02 Å². The molecule has 0 aliphatic rings. The van der Waals surface area contributed by atoms with E-state index >= 15 is 0 Å². The minimum Gasteiger partial charge on any atom is -0.409 e. The summed E-state index contributed by atoms with van der Waals surface area (Å²) in [5, 5.41) is -0.224. The molecule has 0 aliphatic carbocycles. The van der Waals surface area contributed by atoms with Gasteiger partial charge in [-0.3, -0.25) is 4.90 Å². The Morgan fingerprint density at radius 1 is 1.17 bits per heavy atom. The number of halogens is 5. The minimum atomic E-state index is -4.66. The molecule has 3 nitrogen and oxygen atoms in total. The summed E-state index contributed by atoms with van der Waals surface area (Å²) in [5.74, 6) is -1.30. The highest BCUT2D eigenvalue weighted by Crippen LogP contribution is 2.36. The second kappa shape index (κ2) is 6.45. The number of carbonyl (C=O) groups excluding carboxylic acids is 1. The Morgan fingerprint density at radius 3 is 2.43 bits per heavy atom. The Kier molecular flexibility index (Phi) is 4.79. The fourth-order valence-corrected chi connectivity index (χ4v) is 1.93. The van der Waals surface area contributed by atoms with E-state index in [-0.39, 0.29) is 10.7 Å². The molecule has 0 N–H and O–H groups in total. The van der Waals surface area contributed by atoms with Gasteiger partial charge in [0, 0.05) is 12.7 Å². The number of ether oxygens (including phenoxy) is 1. The number of nitrogens with zero attached hydrogens (tertiary/aromatic N) is 1. The molecule has 0 unspecified atom stereocenters. The van der Waals surface area contributed by atoms with Crippen LogP contribution in [0.15, 0.2) is 42.5 Å². The fourth-order valence-electron chi connectivity index (χ4n) is 1.75. The molecule has 0 fully saturated rings. The molecule has 0 heterocycles. The van der Waals surface area contributed by atoms with Crippen LogP contribution in [0.1, 0.15) is 5.56 Å². The Balaban J connectivity index is 2.24. The molecule has 0 aliphatic heterocycles. The number of anilines is 1. The monoisotopic (exact) mass is 347 g/mol. The maximum atomic E-state index is 13.1. The number of alkyl halides is 3. The minimum absolute atomic E-state index is 0.172. The van der Waals surface area contributed by atoms with Crippen LogP contribution >= 0.6 is 11.6 Å². The molecule has 0 saturated heterocycles. The molecule has 23 heavy (non-hydrogen) atoms. The van der Waals surface area contributed by atoms with Crippen LogP contribution in [-0.4, -0.2) is 13.1 Å². The van der Waals surface area contributed by atoms with Crippen LogP contribution in [0.5, 0.6) is 5.75 Å². The highest BCUT2D eigenvalue weighted by atomic mass is 35.5. The van der Waals surface area contributed by atoms with Crippen molar-refractivity contribution in [3.8, 4) is 5.75 Å². The number of benzene rings is 2. The molecule has 0 aromatic heterocycles. The molecule has 1 amide bonds. The van der Waals surface area contributed by atoms with E-state index in [0.717, 1.165) is 29.2 Å². The van der Waals surface area contributed by atoms with Gasteiger partial charge in [0.05, 0.1) is 10.6 Å². The predicted octanol–water partition coefficient (Wildman–Crippen LogP) is 5.13. The Hall–Kier alpha value is -2.28. The molecule has 0 radical (unpaired) electrons. The first-order valence-corrected chi connectivity index (χ1v) is 6.65. The maximum Gasteiger partial charge on any atom is 0.419 e. The van der Waals surface area contributed by atoms with E-state index in [9.17, 15) is 22.4 Å². The number of hydrogen-bond acceptors (Lipinski definition) is 2. The van der Waals surface area contributed by atoms with Gasteiger partial charge in [-0.1, -0.05) is 23.7 Å². The van der Waals surface area contributed by atoms with Gasteiger partial charge in [0.2, 0.25) is 0 Å². The molecule has 0 bridgehead atoms. The summed E-state index contributed by atoms with van der Waals surface area (Å²) < 4.78 is 56.5. The maximum absolute atomic E-state index is 13.1. The molecule has 122 valence electrons. The van der Waals surface area contributed by atoms with Crippen molar-refractivity contribution in [1.82, 2.24) is 0 Å². The summed E-state index contributed by atoms with van der Waals surface area (Å²) in [6.07, 6.45) is -5.72. The second-order valence-corrected chi connectivity index (χ2v) is 4.93. The van der Waals surface area contributed by atoms with Crippen LogP contribution in [-0.2, 0) is 6.18 Å². The molecule has 2 rings (SSSR count). The average Bonchev–Trinajstić information content (AvgIpc) is 2.48. The zero-order valence-electron chi connectivity index (χ0n) is 11.7. The van der Waals surface area contributed by atoms with E-state index in [0.29, 0.717) is 0 Å². The second-order valence-electron chi connectivity index (χ2n) is 4.52. The van der Waals surface area contributed by atoms with E-state index in [4.69, 9.17) is 16.3 Å². The zero-order valence-corrected chi connectivity index (χ0v) is 12.5. The van der Waals surface area contributed by atoms with E-state index in [1.54, 1.807) is 0 Å². The molecule has 8 heteroatoms. The summed E-state index contributed by atoms with van der Waals surface area (Å²) in [6.45, 7) is 0. The van der Waals surface area contributed by atoms with Gasteiger partial charge in [-0.05, 0) is 30.3 Å². The number of hydrogen-bond donors (Lipinski definition) is 0. The molecule has 0 atom stereocenters. The topological polar surface area (TPSA) is 29.5 Å². The van der Waals surface area contributed by atoms with Gasteiger partial charge in [-0.25, -0.2) is 9.18 Å².